The van der Waals surface area contributed by atoms with Gasteiger partial charge < -0.3 is 4.57 Å². The largest absolute Gasteiger partial charge is 0.344 e. The zero-order valence-corrected chi connectivity index (χ0v) is 20.5. The number of aromatic nitrogens is 1. The summed E-state index contributed by atoms with van der Waals surface area (Å²) in [5, 5.41) is 2.69. The van der Waals surface area contributed by atoms with Crippen LogP contribution in [-0.4, -0.2) is 4.57 Å². The second-order valence-electron chi connectivity index (χ2n) is 9.50. The minimum atomic E-state index is 1.14. The van der Waals surface area contributed by atoms with Crippen molar-refractivity contribution >= 4 is 21.8 Å². The Labute approximate surface area is 197 Å². The normalized spacial score (nSPS) is 11.5. The van der Waals surface area contributed by atoms with Crippen LogP contribution in [0.15, 0.2) is 72.8 Å². The Balaban J connectivity index is 1.74. The highest BCUT2D eigenvalue weighted by Gasteiger charge is 2.16. The van der Waals surface area contributed by atoms with Crippen molar-refractivity contribution in [2.75, 3.05) is 0 Å². The van der Waals surface area contributed by atoms with Gasteiger partial charge in [0.15, 0.2) is 0 Å². The van der Waals surface area contributed by atoms with Crippen molar-refractivity contribution in [3.8, 4) is 22.3 Å². The zero-order valence-electron chi connectivity index (χ0n) is 20.5. The maximum atomic E-state index is 2.41. The van der Waals surface area contributed by atoms with Crippen LogP contribution in [0.5, 0.6) is 0 Å². The third kappa shape index (κ3) is 3.66. The summed E-state index contributed by atoms with van der Waals surface area (Å²) >= 11 is 0. The number of nitrogens with zero attached hydrogens (tertiary/aromatic N) is 1. The molecule has 166 valence electrons. The Bertz CT molecular complexity index is 1480. The van der Waals surface area contributed by atoms with Gasteiger partial charge in [-0.25, -0.2) is 0 Å². The van der Waals surface area contributed by atoms with E-state index in [0.29, 0.717) is 0 Å². The summed E-state index contributed by atoms with van der Waals surface area (Å²) in [5.74, 6) is 0. The van der Waals surface area contributed by atoms with Crippen molar-refractivity contribution in [2.24, 2.45) is 7.05 Å². The highest BCUT2D eigenvalue weighted by molar-refractivity contribution is 6.11. The summed E-state index contributed by atoms with van der Waals surface area (Å²) in [6, 6.07) is 27.2. The highest BCUT2D eigenvalue weighted by Crippen LogP contribution is 2.38. The third-order valence-electron chi connectivity index (χ3n) is 7.24. The van der Waals surface area contributed by atoms with Gasteiger partial charge in [0.25, 0.3) is 0 Å². The molecule has 0 saturated heterocycles. The van der Waals surface area contributed by atoms with Crippen LogP contribution in [-0.2, 0) is 13.5 Å². The lowest BCUT2D eigenvalue weighted by Crippen LogP contribution is -1.94. The number of aryl methyl sites for hydroxylation is 5. The maximum absolute atomic E-state index is 2.41. The summed E-state index contributed by atoms with van der Waals surface area (Å²) in [4.78, 5) is 0. The first-order chi connectivity index (χ1) is 16.0. The Kier molecular flexibility index (Phi) is 5.58. The molecule has 5 rings (SSSR count). The predicted octanol–water partition coefficient (Wildman–Crippen LogP) is 8.93. The van der Waals surface area contributed by atoms with Gasteiger partial charge in [-0.05, 0) is 102 Å². The molecule has 0 radical (unpaired) electrons. The van der Waals surface area contributed by atoms with Gasteiger partial charge in [0.1, 0.15) is 0 Å². The summed E-state index contributed by atoms with van der Waals surface area (Å²) < 4.78 is 2.38. The molecule has 0 unspecified atom stereocenters. The molecule has 0 amide bonds. The average Bonchev–Trinajstić information content (AvgIpc) is 3.07. The first-order valence-electron chi connectivity index (χ1n) is 12.2. The third-order valence-corrected chi connectivity index (χ3v) is 7.24. The van der Waals surface area contributed by atoms with E-state index in [1.54, 1.807) is 0 Å². The molecule has 33 heavy (non-hydrogen) atoms. The number of hydrogen-bond donors (Lipinski definition) is 0. The van der Waals surface area contributed by atoms with Crippen LogP contribution in [0.4, 0.5) is 0 Å². The summed E-state index contributed by atoms with van der Waals surface area (Å²) in [6.45, 7) is 8.97. The van der Waals surface area contributed by atoms with Crippen molar-refractivity contribution < 1.29 is 0 Å². The zero-order chi connectivity index (χ0) is 23.1. The van der Waals surface area contributed by atoms with Gasteiger partial charge >= 0.3 is 0 Å². The Morgan fingerprint density at radius 1 is 0.606 bits per heavy atom. The lowest BCUT2D eigenvalue weighted by atomic mass is 9.92. The molecule has 0 spiro atoms. The van der Waals surface area contributed by atoms with E-state index in [-0.39, 0.29) is 0 Å². The smallest absolute Gasteiger partial charge is 0.0495 e. The molecule has 0 saturated carbocycles. The number of unbranched alkanes of at least 4 members (excludes halogenated alkanes) is 1. The molecule has 1 nitrogen and oxygen atoms in total. The van der Waals surface area contributed by atoms with Crippen LogP contribution in [0.3, 0.4) is 0 Å². The van der Waals surface area contributed by atoms with Gasteiger partial charge in [-0.1, -0.05) is 61.9 Å². The molecule has 0 N–H and O–H groups in total. The second kappa shape index (κ2) is 8.56. The molecule has 5 aromatic rings. The van der Waals surface area contributed by atoms with E-state index >= 15 is 0 Å². The maximum Gasteiger partial charge on any atom is 0.0495 e. The first kappa shape index (κ1) is 21.5. The lowest BCUT2D eigenvalue weighted by Gasteiger charge is -2.13. The average molecular weight is 432 g/mol. The molecule has 1 heteroatoms. The van der Waals surface area contributed by atoms with Crippen molar-refractivity contribution in [1.29, 1.82) is 0 Å². The number of fused-ring (bicyclic) bond motifs is 3. The van der Waals surface area contributed by atoms with Crippen LogP contribution >= 0.6 is 0 Å². The van der Waals surface area contributed by atoms with E-state index in [2.05, 4.69) is 112 Å². The van der Waals surface area contributed by atoms with Crippen LogP contribution < -0.4 is 0 Å². The van der Waals surface area contributed by atoms with Crippen molar-refractivity contribution in [1.82, 2.24) is 4.57 Å². The molecule has 1 heterocycles. The van der Waals surface area contributed by atoms with Crippen LogP contribution in [0.1, 0.15) is 42.0 Å². The summed E-state index contributed by atoms with van der Waals surface area (Å²) in [6.07, 6.45) is 3.59. The van der Waals surface area contributed by atoms with Gasteiger partial charge in [0.05, 0.1) is 0 Å². The SMILES string of the molecule is CCCCc1ccccc1-c1cc2c(cc1C)c1cc(C)c(-c3ccccc3C)cc1n2C. The molecule has 0 aliphatic rings. The van der Waals surface area contributed by atoms with Crippen LogP contribution in [0.2, 0.25) is 0 Å². The van der Waals surface area contributed by atoms with E-state index in [4.69, 9.17) is 0 Å². The minimum Gasteiger partial charge on any atom is -0.344 e. The summed E-state index contributed by atoms with van der Waals surface area (Å²) in [5.41, 5.74) is 13.4. The molecule has 0 atom stereocenters. The van der Waals surface area contributed by atoms with Crippen molar-refractivity contribution in [3.63, 3.8) is 0 Å². The molecule has 0 fully saturated rings. The molecular formula is C32H33N. The summed E-state index contributed by atoms with van der Waals surface area (Å²) in [7, 11) is 2.21. The van der Waals surface area contributed by atoms with Crippen molar-refractivity contribution in [3.05, 3.63) is 95.1 Å². The molecule has 0 aliphatic heterocycles. The standard InChI is InChI=1S/C32H33N/c1-6-7-13-24-14-9-11-16-26(24)28-20-32-30(18-23(28)4)29-17-22(3)27(19-31(29)33(32)5)25-15-10-8-12-21(25)2/h8-12,14-20H,6-7,13H2,1-5H3. The number of hydrogen-bond acceptors (Lipinski definition) is 0. The fourth-order valence-corrected chi connectivity index (χ4v) is 5.33. The molecule has 0 bridgehead atoms. The minimum absolute atomic E-state index is 1.14. The lowest BCUT2D eigenvalue weighted by molar-refractivity contribution is 0.796. The van der Waals surface area contributed by atoms with E-state index in [0.717, 1.165) is 6.42 Å². The van der Waals surface area contributed by atoms with Gasteiger partial charge in [-0.15, -0.1) is 0 Å². The van der Waals surface area contributed by atoms with Gasteiger partial charge in [0, 0.05) is 28.9 Å². The number of benzene rings is 4. The fraction of sp³-hybridized carbons (Fsp3) is 0.250. The van der Waals surface area contributed by atoms with E-state index < -0.39 is 0 Å². The van der Waals surface area contributed by atoms with E-state index in [9.17, 15) is 0 Å². The Morgan fingerprint density at radius 2 is 1.15 bits per heavy atom. The topological polar surface area (TPSA) is 4.93 Å². The fourth-order valence-electron chi connectivity index (χ4n) is 5.33. The number of rotatable bonds is 5. The van der Waals surface area contributed by atoms with Crippen molar-refractivity contribution in [2.45, 2.75) is 47.0 Å². The molecular weight excluding hydrogens is 398 g/mol. The van der Waals surface area contributed by atoms with Gasteiger partial charge in [-0.3, -0.25) is 0 Å². The highest BCUT2D eigenvalue weighted by atomic mass is 14.9. The molecule has 4 aromatic carbocycles. The molecule has 1 aromatic heterocycles. The monoisotopic (exact) mass is 431 g/mol. The quantitative estimate of drug-likeness (QED) is 0.262. The van der Waals surface area contributed by atoms with Crippen LogP contribution in [0.25, 0.3) is 44.1 Å². The van der Waals surface area contributed by atoms with Gasteiger partial charge in [0.2, 0.25) is 0 Å². The van der Waals surface area contributed by atoms with Crippen LogP contribution in [0, 0.1) is 20.8 Å². The second-order valence-corrected chi connectivity index (χ2v) is 9.50. The predicted molar refractivity (Wildman–Crippen MR) is 144 cm³/mol. The van der Waals surface area contributed by atoms with E-state index in [1.165, 1.54) is 79.2 Å². The van der Waals surface area contributed by atoms with Gasteiger partial charge in [-0.2, -0.15) is 0 Å². The Hall–Kier alpha value is -3.32. The Morgan fingerprint density at radius 3 is 1.76 bits per heavy atom. The molecule has 0 aliphatic carbocycles. The van der Waals surface area contributed by atoms with E-state index in [1.807, 2.05) is 0 Å². The first-order valence-corrected chi connectivity index (χ1v) is 12.2.